The number of carbonyl (C=O) groups excluding carboxylic acids is 2. The molecule has 0 aliphatic rings. The SMILES string of the molecule is Cc1ccc(S(=O)(=O)N(CC(=O)N(Cc2cccc(Cl)c2)[C@H](C)C(=O)NC(C)C)c2ccccc2F)cc1. The van der Waals surface area contributed by atoms with Gasteiger partial charge in [-0.05, 0) is 69.7 Å². The predicted octanol–water partition coefficient (Wildman–Crippen LogP) is 4.92. The highest BCUT2D eigenvalue weighted by Gasteiger charge is 2.33. The quantitative estimate of drug-likeness (QED) is 0.382. The van der Waals surface area contributed by atoms with E-state index in [-0.39, 0.29) is 23.2 Å². The van der Waals surface area contributed by atoms with Gasteiger partial charge in [-0.3, -0.25) is 13.9 Å². The van der Waals surface area contributed by atoms with Crippen molar-refractivity contribution in [1.29, 1.82) is 0 Å². The number of carbonyl (C=O) groups is 2. The number of amides is 2. The summed E-state index contributed by atoms with van der Waals surface area (Å²) in [7, 11) is -4.34. The fourth-order valence-corrected chi connectivity index (χ4v) is 5.46. The van der Waals surface area contributed by atoms with Crippen molar-refractivity contribution in [2.75, 3.05) is 10.8 Å². The number of nitrogens with zero attached hydrogens (tertiary/aromatic N) is 2. The molecule has 0 bridgehead atoms. The normalized spacial score (nSPS) is 12.2. The molecular weight excluding hydrogens is 529 g/mol. The van der Waals surface area contributed by atoms with E-state index in [4.69, 9.17) is 11.6 Å². The molecule has 1 N–H and O–H groups in total. The van der Waals surface area contributed by atoms with Crippen molar-refractivity contribution in [2.45, 2.75) is 51.2 Å². The standard InChI is InChI=1S/C28H31ClFN3O4S/c1-19(2)31-28(35)21(4)32(17-22-8-7-9-23(29)16-22)27(34)18-33(26-11-6-5-10-25(26)30)38(36,37)24-14-12-20(3)13-15-24/h5-16,19,21H,17-18H2,1-4H3,(H,31,35)/t21-/m1/s1. The van der Waals surface area contributed by atoms with Gasteiger partial charge in [-0.15, -0.1) is 0 Å². The number of para-hydroxylation sites is 1. The van der Waals surface area contributed by atoms with Crippen LogP contribution in [0.4, 0.5) is 10.1 Å². The highest BCUT2D eigenvalue weighted by molar-refractivity contribution is 7.92. The Morgan fingerprint density at radius 2 is 1.63 bits per heavy atom. The molecule has 38 heavy (non-hydrogen) atoms. The Hall–Kier alpha value is -3.43. The molecule has 0 unspecified atom stereocenters. The van der Waals surface area contributed by atoms with E-state index in [0.29, 0.717) is 10.6 Å². The number of aryl methyl sites for hydroxylation is 1. The van der Waals surface area contributed by atoms with Gasteiger partial charge >= 0.3 is 0 Å². The van der Waals surface area contributed by atoms with E-state index in [1.54, 1.807) is 57.2 Å². The zero-order valence-electron chi connectivity index (χ0n) is 21.7. The lowest BCUT2D eigenvalue weighted by Gasteiger charge is -2.32. The van der Waals surface area contributed by atoms with Crippen LogP contribution >= 0.6 is 11.6 Å². The van der Waals surface area contributed by atoms with Crippen molar-refractivity contribution in [2.24, 2.45) is 0 Å². The molecule has 10 heteroatoms. The highest BCUT2D eigenvalue weighted by atomic mass is 35.5. The molecule has 1 atom stereocenters. The maximum absolute atomic E-state index is 14.9. The van der Waals surface area contributed by atoms with E-state index in [1.165, 1.54) is 35.2 Å². The third-order valence-electron chi connectivity index (χ3n) is 5.85. The number of nitrogens with one attached hydrogen (secondary N) is 1. The van der Waals surface area contributed by atoms with Gasteiger partial charge in [0.05, 0.1) is 10.6 Å². The molecule has 0 spiro atoms. The molecule has 0 aliphatic carbocycles. The fraction of sp³-hybridized carbons (Fsp3) is 0.286. The van der Waals surface area contributed by atoms with Gasteiger partial charge in [0.1, 0.15) is 18.4 Å². The Kier molecular flexibility index (Phi) is 9.51. The summed E-state index contributed by atoms with van der Waals surface area (Å²) in [6, 6.07) is 17.1. The summed E-state index contributed by atoms with van der Waals surface area (Å²) in [4.78, 5) is 27.8. The Morgan fingerprint density at radius 3 is 2.24 bits per heavy atom. The van der Waals surface area contributed by atoms with E-state index in [9.17, 15) is 22.4 Å². The van der Waals surface area contributed by atoms with E-state index >= 15 is 0 Å². The third-order valence-corrected chi connectivity index (χ3v) is 7.86. The summed E-state index contributed by atoms with van der Waals surface area (Å²) in [5.41, 5.74) is 1.22. The van der Waals surface area contributed by atoms with Gasteiger partial charge in [-0.2, -0.15) is 0 Å². The van der Waals surface area contributed by atoms with Crippen LogP contribution in [-0.2, 0) is 26.2 Å². The molecule has 202 valence electrons. The van der Waals surface area contributed by atoms with Crippen LogP contribution in [0.1, 0.15) is 31.9 Å². The molecular formula is C28H31ClFN3O4S. The first-order valence-electron chi connectivity index (χ1n) is 12.1. The minimum absolute atomic E-state index is 0.0121. The molecule has 7 nitrogen and oxygen atoms in total. The van der Waals surface area contributed by atoms with Gasteiger partial charge in [-0.25, -0.2) is 12.8 Å². The van der Waals surface area contributed by atoms with Crippen molar-refractivity contribution < 1.29 is 22.4 Å². The number of hydrogen-bond acceptors (Lipinski definition) is 4. The van der Waals surface area contributed by atoms with Crippen LogP contribution in [0.25, 0.3) is 0 Å². The minimum atomic E-state index is -4.34. The molecule has 0 saturated heterocycles. The Balaban J connectivity index is 2.05. The molecule has 2 amide bonds. The maximum Gasteiger partial charge on any atom is 0.264 e. The van der Waals surface area contributed by atoms with Gasteiger partial charge in [0.2, 0.25) is 11.8 Å². The fourth-order valence-electron chi connectivity index (χ4n) is 3.82. The molecule has 0 saturated carbocycles. The van der Waals surface area contributed by atoms with Crippen molar-refractivity contribution >= 4 is 39.1 Å². The number of halogens is 2. The molecule has 0 heterocycles. The van der Waals surface area contributed by atoms with Crippen LogP contribution in [0.5, 0.6) is 0 Å². The summed E-state index contributed by atoms with van der Waals surface area (Å²) in [5, 5.41) is 3.23. The summed E-state index contributed by atoms with van der Waals surface area (Å²) in [5.74, 6) is -1.90. The number of rotatable bonds is 10. The topological polar surface area (TPSA) is 86.8 Å². The second-order valence-corrected chi connectivity index (χ2v) is 11.6. The number of sulfonamides is 1. The minimum Gasteiger partial charge on any atom is -0.352 e. The second-order valence-electron chi connectivity index (χ2n) is 9.27. The van der Waals surface area contributed by atoms with E-state index in [1.807, 2.05) is 6.92 Å². The van der Waals surface area contributed by atoms with E-state index in [0.717, 1.165) is 15.9 Å². The summed E-state index contributed by atoms with van der Waals surface area (Å²) >= 11 is 6.13. The summed E-state index contributed by atoms with van der Waals surface area (Å²) < 4.78 is 43.1. The number of anilines is 1. The van der Waals surface area contributed by atoms with Crippen LogP contribution in [0.2, 0.25) is 5.02 Å². The molecule has 0 aliphatic heterocycles. The van der Waals surface area contributed by atoms with Crippen LogP contribution in [0.15, 0.2) is 77.7 Å². The Bertz CT molecular complexity index is 1400. The molecule has 3 aromatic carbocycles. The van der Waals surface area contributed by atoms with Crippen molar-refractivity contribution in [3.8, 4) is 0 Å². The number of hydrogen-bond donors (Lipinski definition) is 1. The average molecular weight is 560 g/mol. The summed E-state index contributed by atoms with van der Waals surface area (Å²) in [6.07, 6.45) is 0. The Morgan fingerprint density at radius 1 is 0.974 bits per heavy atom. The smallest absolute Gasteiger partial charge is 0.264 e. The van der Waals surface area contributed by atoms with Crippen molar-refractivity contribution in [3.05, 3.63) is 94.8 Å². The van der Waals surface area contributed by atoms with Gasteiger partial charge in [0.15, 0.2) is 0 Å². The zero-order valence-corrected chi connectivity index (χ0v) is 23.3. The average Bonchev–Trinajstić information content (AvgIpc) is 2.85. The second kappa shape index (κ2) is 12.4. The van der Waals surface area contributed by atoms with Crippen molar-refractivity contribution in [3.63, 3.8) is 0 Å². The van der Waals surface area contributed by atoms with E-state index in [2.05, 4.69) is 5.32 Å². The van der Waals surface area contributed by atoms with Gasteiger partial charge < -0.3 is 10.2 Å². The zero-order chi connectivity index (χ0) is 28.0. The molecule has 0 radical (unpaired) electrons. The van der Waals surface area contributed by atoms with E-state index < -0.39 is 40.2 Å². The lowest BCUT2D eigenvalue weighted by Crippen LogP contribution is -2.52. The first-order valence-corrected chi connectivity index (χ1v) is 13.9. The highest BCUT2D eigenvalue weighted by Crippen LogP contribution is 2.27. The molecule has 0 fully saturated rings. The Labute approximate surface area is 228 Å². The van der Waals surface area contributed by atoms with Crippen LogP contribution < -0.4 is 9.62 Å². The first-order chi connectivity index (χ1) is 17.9. The molecule has 3 rings (SSSR count). The monoisotopic (exact) mass is 559 g/mol. The largest absolute Gasteiger partial charge is 0.352 e. The molecule has 0 aromatic heterocycles. The predicted molar refractivity (Wildman–Crippen MR) is 147 cm³/mol. The van der Waals surface area contributed by atoms with Gasteiger partial charge in [0, 0.05) is 17.6 Å². The van der Waals surface area contributed by atoms with Gasteiger partial charge in [0.25, 0.3) is 10.0 Å². The maximum atomic E-state index is 14.9. The van der Waals surface area contributed by atoms with Crippen LogP contribution in [0, 0.1) is 12.7 Å². The summed E-state index contributed by atoms with van der Waals surface area (Å²) in [6.45, 7) is 6.22. The number of benzene rings is 3. The first kappa shape index (κ1) is 29.1. The lowest BCUT2D eigenvalue weighted by molar-refractivity contribution is -0.139. The van der Waals surface area contributed by atoms with Crippen molar-refractivity contribution in [1.82, 2.24) is 10.2 Å². The lowest BCUT2D eigenvalue weighted by atomic mass is 10.1. The van der Waals surface area contributed by atoms with Crippen LogP contribution in [0.3, 0.4) is 0 Å². The van der Waals surface area contributed by atoms with Gasteiger partial charge in [-0.1, -0.05) is 53.6 Å². The van der Waals surface area contributed by atoms with Crippen LogP contribution in [-0.4, -0.2) is 43.8 Å². The molecule has 3 aromatic rings. The third kappa shape index (κ3) is 7.11.